The van der Waals surface area contributed by atoms with E-state index in [1.165, 1.54) is 36.0 Å². The van der Waals surface area contributed by atoms with E-state index >= 15 is 0 Å². The first-order chi connectivity index (χ1) is 12.1. The van der Waals surface area contributed by atoms with Crippen molar-refractivity contribution in [3.8, 4) is 0 Å². The third-order valence-corrected chi connectivity index (χ3v) is 5.05. The highest BCUT2D eigenvalue weighted by Crippen LogP contribution is 2.18. The zero-order chi connectivity index (χ0) is 18.1. The average molecular weight is 346 g/mol. The van der Waals surface area contributed by atoms with Crippen molar-refractivity contribution in [1.82, 2.24) is 10.2 Å². The molecule has 0 spiro atoms. The van der Waals surface area contributed by atoms with Crippen LogP contribution < -0.4 is 5.32 Å². The molecule has 1 saturated heterocycles. The molecule has 1 aliphatic rings. The lowest BCUT2D eigenvalue weighted by Crippen LogP contribution is -2.40. The summed E-state index contributed by atoms with van der Waals surface area (Å²) in [5.74, 6) is 1.83. The van der Waals surface area contributed by atoms with Crippen LogP contribution in [0.4, 0.5) is 0 Å². The van der Waals surface area contributed by atoms with Gasteiger partial charge in [-0.15, -0.1) is 0 Å². The average Bonchev–Trinajstić information content (AvgIpc) is 2.61. The van der Waals surface area contributed by atoms with Crippen molar-refractivity contribution >= 4 is 5.96 Å². The monoisotopic (exact) mass is 345 g/mol. The Morgan fingerprint density at radius 1 is 1.28 bits per heavy atom. The van der Waals surface area contributed by atoms with Crippen LogP contribution >= 0.6 is 0 Å². The maximum Gasteiger partial charge on any atom is 0.193 e. The molecule has 1 N–H and O–H groups in total. The van der Waals surface area contributed by atoms with Crippen LogP contribution in [0.5, 0.6) is 0 Å². The molecule has 1 aliphatic heterocycles. The van der Waals surface area contributed by atoms with Gasteiger partial charge in [0.05, 0.1) is 0 Å². The SMILES string of the molecule is CCNC(=NCCc1ccc(C)cc1C)N(C)CCC1CCOCC1. The summed E-state index contributed by atoms with van der Waals surface area (Å²) in [4.78, 5) is 7.12. The Morgan fingerprint density at radius 3 is 2.72 bits per heavy atom. The van der Waals surface area contributed by atoms with Gasteiger partial charge >= 0.3 is 0 Å². The smallest absolute Gasteiger partial charge is 0.193 e. The normalized spacial score (nSPS) is 16.1. The minimum absolute atomic E-state index is 0.800. The Kier molecular flexibility index (Phi) is 8.26. The van der Waals surface area contributed by atoms with Gasteiger partial charge in [0.15, 0.2) is 5.96 Å². The van der Waals surface area contributed by atoms with Crippen LogP contribution in [0.2, 0.25) is 0 Å². The van der Waals surface area contributed by atoms with Gasteiger partial charge in [-0.3, -0.25) is 4.99 Å². The second kappa shape index (κ2) is 10.4. The zero-order valence-electron chi connectivity index (χ0n) is 16.5. The van der Waals surface area contributed by atoms with E-state index in [4.69, 9.17) is 9.73 Å². The van der Waals surface area contributed by atoms with Gasteiger partial charge in [-0.2, -0.15) is 0 Å². The van der Waals surface area contributed by atoms with Gasteiger partial charge in [0, 0.05) is 39.9 Å². The molecule has 1 aromatic rings. The van der Waals surface area contributed by atoms with Gasteiger partial charge < -0.3 is 15.0 Å². The number of guanidine groups is 1. The molecule has 0 aliphatic carbocycles. The lowest BCUT2D eigenvalue weighted by molar-refractivity contribution is 0.0625. The maximum atomic E-state index is 5.45. The summed E-state index contributed by atoms with van der Waals surface area (Å²) in [5.41, 5.74) is 4.09. The van der Waals surface area contributed by atoms with Crippen molar-refractivity contribution in [2.24, 2.45) is 10.9 Å². The highest BCUT2D eigenvalue weighted by atomic mass is 16.5. The third kappa shape index (κ3) is 6.69. The van der Waals surface area contributed by atoms with E-state index in [1.807, 2.05) is 0 Å². The third-order valence-electron chi connectivity index (χ3n) is 5.05. The number of rotatable bonds is 7. The van der Waals surface area contributed by atoms with Gasteiger partial charge in [0.2, 0.25) is 0 Å². The number of nitrogens with zero attached hydrogens (tertiary/aromatic N) is 2. The Bertz CT molecular complexity index is 550. The Morgan fingerprint density at radius 2 is 2.04 bits per heavy atom. The van der Waals surface area contributed by atoms with Gasteiger partial charge in [-0.1, -0.05) is 23.8 Å². The molecule has 0 bridgehead atoms. The number of hydrogen-bond acceptors (Lipinski definition) is 2. The molecule has 140 valence electrons. The second-order valence-electron chi connectivity index (χ2n) is 7.18. The molecule has 1 fully saturated rings. The van der Waals surface area contributed by atoms with Crippen molar-refractivity contribution in [1.29, 1.82) is 0 Å². The first-order valence-electron chi connectivity index (χ1n) is 9.73. The summed E-state index contributed by atoms with van der Waals surface area (Å²) >= 11 is 0. The van der Waals surface area contributed by atoms with Crippen LogP contribution in [-0.4, -0.2) is 50.8 Å². The molecule has 4 nitrogen and oxygen atoms in total. The molecular weight excluding hydrogens is 310 g/mol. The van der Waals surface area contributed by atoms with Gasteiger partial charge in [0.25, 0.3) is 0 Å². The van der Waals surface area contributed by atoms with Crippen molar-refractivity contribution in [3.63, 3.8) is 0 Å². The minimum Gasteiger partial charge on any atom is -0.381 e. The van der Waals surface area contributed by atoms with Crippen LogP contribution in [0.25, 0.3) is 0 Å². The maximum absolute atomic E-state index is 5.45. The second-order valence-corrected chi connectivity index (χ2v) is 7.18. The number of benzene rings is 1. The van der Waals surface area contributed by atoms with E-state index in [-0.39, 0.29) is 0 Å². The fraction of sp³-hybridized carbons (Fsp3) is 0.667. The van der Waals surface area contributed by atoms with Crippen LogP contribution in [0.3, 0.4) is 0 Å². The topological polar surface area (TPSA) is 36.9 Å². The number of ether oxygens (including phenoxy) is 1. The molecule has 1 heterocycles. The fourth-order valence-electron chi connectivity index (χ4n) is 3.40. The summed E-state index contributed by atoms with van der Waals surface area (Å²) in [6.45, 7) is 11.1. The van der Waals surface area contributed by atoms with Crippen LogP contribution in [0, 0.1) is 19.8 Å². The van der Waals surface area contributed by atoms with Gasteiger partial charge in [0.1, 0.15) is 0 Å². The van der Waals surface area contributed by atoms with Crippen molar-refractivity contribution in [3.05, 3.63) is 34.9 Å². The minimum atomic E-state index is 0.800. The molecule has 0 radical (unpaired) electrons. The van der Waals surface area contributed by atoms with Gasteiger partial charge in [-0.25, -0.2) is 0 Å². The number of aryl methyl sites for hydroxylation is 2. The standard InChI is InChI=1S/C21H35N3O/c1-5-22-21(24(4)13-9-19-10-14-25-15-11-19)23-12-8-20-7-6-17(2)16-18(20)3/h6-7,16,19H,5,8-15H2,1-4H3,(H,22,23). The molecular formula is C21H35N3O. The summed E-state index contributed by atoms with van der Waals surface area (Å²) in [7, 11) is 2.15. The van der Waals surface area contributed by atoms with E-state index < -0.39 is 0 Å². The molecule has 0 aromatic heterocycles. The van der Waals surface area contributed by atoms with Crippen molar-refractivity contribution < 1.29 is 4.74 Å². The van der Waals surface area contributed by atoms with Crippen LogP contribution in [0.15, 0.2) is 23.2 Å². The Balaban J connectivity index is 1.85. The molecule has 0 amide bonds. The number of hydrogen-bond donors (Lipinski definition) is 1. The van der Waals surface area contributed by atoms with E-state index in [0.717, 1.165) is 51.1 Å². The number of aliphatic imine (C=N–C) groups is 1. The zero-order valence-corrected chi connectivity index (χ0v) is 16.5. The first kappa shape index (κ1) is 19.8. The predicted octanol–water partition coefficient (Wildman–Crippen LogP) is 3.56. The summed E-state index contributed by atoms with van der Waals surface area (Å²) in [5, 5.41) is 3.43. The van der Waals surface area contributed by atoms with E-state index in [9.17, 15) is 0 Å². The molecule has 0 atom stereocenters. The highest BCUT2D eigenvalue weighted by Gasteiger charge is 2.15. The molecule has 1 aromatic carbocycles. The van der Waals surface area contributed by atoms with Crippen LogP contribution in [-0.2, 0) is 11.2 Å². The predicted molar refractivity (Wildman–Crippen MR) is 106 cm³/mol. The summed E-state index contributed by atoms with van der Waals surface area (Å²) < 4.78 is 5.45. The van der Waals surface area contributed by atoms with Crippen LogP contribution in [0.1, 0.15) is 42.9 Å². The fourth-order valence-corrected chi connectivity index (χ4v) is 3.40. The first-order valence-corrected chi connectivity index (χ1v) is 9.73. The highest BCUT2D eigenvalue weighted by molar-refractivity contribution is 5.79. The Hall–Kier alpha value is -1.55. The van der Waals surface area contributed by atoms with E-state index in [1.54, 1.807) is 0 Å². The number of nitrogens with one attached hydrogen (secondary N) is 1. The summed E-state index contributed by atoms with van der Waals surface area (Å²) in [6.07, 6.45) is 4.62. The molecule has 0 saturated carbocycles. The van der Waals surface area contributed by atoms with Gasteiger partial charge in [-0.05, 0) is 63.5 Å². The van der Waals surface area contributed by atoms with Crippen molar-refractivity contribution in [2.75, 3.05) is 39.9 Å². The Labute approximate surface area is 153 Å². The largest absolute Gasteiger partial charge is 0.381 e. The molecule has 25 heavy (non-hydrogen) atoms. The van der Waals surface area contributed by atoms with E-state index in [0.29, 0.717) is 0 Å². The van der Waals surface area contributed by atoms with E-state index in [2.05, 4.69) is 56.2 Å². The molecule has 4 heteroatoms. The lowest BCUT2D eigenvalue weighted by Gasteiger charge is -2.26. The summed E-state index contributed by atoms with van der Waals surface area (Å²) in [6, 6.07) is 6.68. The quantitative estimate of drug-likeness (QED) is 0.606. The molecule has 0 unspecified atom stereocenters. The van der Waals surface area contributed by atoms with Crippen molar-refractivity contribution in [2.45, 2.75) is 46.5 Å². The lowest BCUT2D eigenvalue weighted by atomic mass is 9.96. The molecule has 2 rings (SSSR count).